The molecule has 20 heavy (non-hydrogen) atoms. The van der Waals surface area contributed by atoms with Crippen molar-refractivity contribution < 1.29 is 9.90 Å². The summed E-state index contributed by atoms with van der Waals surface area (Å²) < 4.78 is 0. The molecule has 0 amide bonds. The van der Waals surface area contributed by atoms with E-state index in [1.807, 2.05) is 24.3 Å². The molecule has 1 aromatic carbocycles. The molecule has 0 bridgehead atoms. The molecule has 0 heterocycles. The van der Waals surface area contributed by atoms with E-state index in [1.165, 1.54) is 31.2 Å². The molecule has 2 atom stereocenters. The normalized spacial score (nSPS) is 17.7. The van der Waals surface area contributed by atoms with Gasteiger partial charge in [0.25, 0.3) is 0 Å². The number of carbonyl (C=O) groups is 1. The van der Waals surface area contributed by atoms with Crippen molar-refractivity contribution in [3.63, 3.8) is 0 Å². The fourth-order valence-corrected chi connectivity index (χ4v) is 2.48. The van der Waals surface area contributed by atoms with Crippen LogP contribution in [0.5, 0.6) is 0 Å². The van der Waals surface area contributed by atoms with E-state index in [-0.39, 0.29) is 0 Å². The Balaban J connectivity index is 1.84. The maximum Gasteiger partial charge on any atom is 0.310 e. The van der Waals surface area contributed by atoms with Gasteiger partial charge in [0.15, 0.2) is 0 Å². The Morgan fingerprint density at radius 2 is 2.00 bits per heavy atom. The number of benzene rings is 1. The number of hydrogen-bond donors (Lipinski definition) is 2. The van der Waals surface area contributed by atoms with Gasteiger partial charge in [-0.25, -0.2) is 0 Å². The van der Waals surface area contributed by atoms with Crippen LogP contribution < -0.4 is 5.32 Å². The maximum absolute atomic E-state index is 10.9. The third kappa shape index (κ3) is 4.34. The fraction of sp³-hybridized carbons (Fsp3) is 0.588. The van der Waals surface area contributed by atoms with E-state index in [0.717, 1.165) is 18.0 Å². The molecule has 110 valence electrons. The van der Waals surface area contributed by atoms with Gasteiger partial charge in [-0.1, -0.05) is 44.0 Å². The average molecular weight is 275 g/mol. The SMILES string of the molecule is CCC(CC1CC1)NCc1ccc(C(C)C(=O)O)cc1. The minimum atomic E-state index is -0.772. The summed E-state index contributed by atoms with van der Waals surface area (Å²) in [5, 5.41) is 12.6. The highest BCUT2D eigenvalue weighted by molar-refractivity contribution is 5.75. The van der Waals surface area contributed by atoms with E-state index in [4.69, 9.17) is 5.11 Å². The lowest BCUT2D eigenvalue weighted by Crippen LogP contribution is -2.28. The summed E-state index contributed by atoms with van der Waals surface area (Å²) in [6.45, 7) is 4.82. The molecule has 1 saturated carbocycles. The van der Waals surface area contributed by atoms with E-state index in [1.54, 1.807) is 6.92 Å². The summed E-state index contributed by atoms with van der Waals surface area (Å²) in [5.41, 5.74) is 2.09. The second-order valence-corrected chi connectivity index (χ2v) is 5.97. The standard InChI is InChI=1S/C17H25NO2/c1-3-16(10-13-4-5-13)18-11-14-6-8-15(9-7-14)12(2)17(19)20/h6-9,12-13,16,18H,3-5,10-11H2,1-2H3,(H,19,20). The van der Waals surface area contributed by atoms with Crippen molar-refractivity contribution in [2.45, 2.75) is 58.0 Å². The summed E-state index contributed by atoms with van der Waals surface area (Å²) in [7, 11) is 0. The molecule has 0 aliphatic heterocycles. The summed E-state index contributed by atoms with van der Waals surface area (Å²) in [4.78, 5) is 10.9. The minimum absolute atomic E-state index is 0.435. The zero-order chi connectivity index (χ0) is 14.5. The first-order chi connectivity index (χ1) is 9.60. The van der Waals surface area contributed by atoms with E-state index in [2.05, 4.69) is 12.2 Å². The molecule has 1 aromatic rings. The van der Waals surface area contributed by atoms with Crippen molar-refractivity contribution >= 4 is 5.97 Å². The fourth-order valence-electron chi connectivity index (χ4n) is 2.48. The Kier molecular flexibility index (Phi) is 5.18. The molecular weight excluding hydrogens is 250 g/mol. The van der Waals surface area contributed by atoms with Crippen LogP contribution in [0.25, 0.3) is 0 Å². The quantitative estimate of drug-likeness (QED) is 0.763. The van der Waals surface area contributed by atoms with E-state index in [0.29, 0.717) is 6.04 Å². The summed E-state index contributed by atoms with van der Waals surface area (Å²) in [5.74, 6) is -0.257. The largest absolute Gasteiger partial charge is 0.481 e. The van der Waals surface area contributed by atoms with Crippen molar-refractivity contribution in [1.82, 2.24) is 5.32 Å². The third-order valence-corrected chi connectivity index (χ3v) is 4.25. The van der Waals surface area contributed by atoms with Gasteiger partial charge in [-0.2, -0.15) is 0 Å². The number of aliphatic carboxylic acids is 1. The number of hydrogen-bond acceptors (Lipinski definition) is 2. The maximum atomic E-state index is 10.9. The van der Waals surface area contributed by atoms with Crippen LogP contribution >= 0.6 is 0 Å². The lowest BCUT2D eigenvalue weighted by Gasteiger charge is -2.17. The Labute approximate surface area is 121 Å². The van der Waals surface area contributed by atoms with Gasteiger partial charge in [0.2, 0.25) is 0 Å². The molecule has 1 fully saturated rings. The molecule has 0 saturated heterocycles. The van der Waals surface area contributed by atoms with Gasteiger partial charge in [0.1, 0.15) is 0 Å². The number of nitrogens with one attached hydrogen (secondary N) is 1. The van der Waals surface area contributed by atoms with Crippen molar-refractivity contribution in [2.24, 2.45) is 5.92 Å². The van der Waals surface area contributed by atoms with Crippen LogP contribution in [0.1, 0.15) is 56.6 Å². The predicted molar refractivity (Wildman–Crippen MR) is 80.8 cm³/mol. The van der Waals surface area contributed by atoms with Crippen LogP contribution in [0, 0.1) is 5.92 Å². The van der Waals surface area contributed by atoms with Crippen LogP contribution in [0.3, 0.4) is 0 Å². The predicted octanol–water partition coefficient (Wildman–Crippen LogP) is 3.54. The number of rotatable bonds is 8. The molecule has 0 spiro atoms. The van der Waals surface area contributed by atoms with Gasteiger partial charge in [0.05, 0.1) is 5.92 Å². The average Bonchev–Trinajstić information content (AvgIpc) is 3.27. The van der Waals surface area contributed by atoms with Crippen molar-refractivity contribution in [3.8, 4) is 0 Å². The molecule has 0 aromatic heterocycles. The van der Waals surface area contributed by atoms with Crippen LogP contribution in [0.15, 0.2) is 24.3 Å². The topological polar surface area (TPSA) is 49.3 Å². The Hall–Kier alpha value is -1.35. The van der Waals surface area contributed by atoms with Gasteiger partial charge in [-0.15, -0.1) is 0 Å². The van der Waals surface area contributed by atoms with Crippen molar-refractivity contribution in [1.29, 1.82) is 0 Å². The second kappa shape index (κ2) is 6.89. The van der Waals surface area contributed by atoms with Gasteiger partial charge >= 0.3 is 5.97 Å². The van der Waals surface area contributed by atoms with Crippen LogP contribution in [-0.4, -0.2) is 17.1 Å². The minimum Gasteiger partial charge on any atom is -0.481 e. The van der Waals surface area contributed by atoms with E-state index < -0.39 is 11.9 Å². The first kappa shape index (κ1) is 15.0. The molecule has 2 N–H and O–H groups in total. The van der Waals surface area contributed by atoms with Gasteiger partial charge < -0.3 is 10.4 Å². The van der Waals surface area contributed by atoms with Crippen LogP contribution in [-0.2, 0) is 11.3 Å². The Morgan fingerprint density at radius 1 is 1.35 bits per heavy atom. The van der Waals surface area contributed by atoms with E-state index in [9.17, 15) is 4.79 Å². The van der Waals surface area contributed by atoms with Crippen molar-refractivity contribution in [2.75, 3.05) is 0 Å². The smallest absolute Gasteiger partial charge is 0.310 e. The molecule has 0 radical (unpaired) electrons. The van der Waals surface area contributed by atoms with Gasteiger partial charge in [-0.3, -0.25) is 4.79 Å². The Morgan fingerprint density at radius 3 is 2.50 bits per heavy atom. The molecular formula is C17H25NO2. The van der Waals surface area contributed by atoms with Gasteiger partial charge in [-0.05, 0) is 36.8 Å². The molecule has 3 heteroatoms. The number of carboxylic acids is 1. The van der Waals surface area contributed by atoms with Crippen LogP contribution in [0.4, 0.5) is 0 Å². The van der Waals surface area contributed by atoms with Crippen LogP contribution in [0.2, 0.25) is 0 Å². The summed E-state index contributed by atoms with van der Waals surface area (Å²) >= 11 is 0. The highest BCUT2D eigenvalue weighted by Crippen LogP contribution is 2.34. The molecule has 1 aliphatic rings. The molecule has 1 aliphatic carbocycles. The van der Waals surface area contributed by atoms with Gasteiger partial charge in [0, 0.05) is 12.6 Å². The first-order valence-electron chi connectivity index (χ1n) is 7.65. The highest BCUT2D eigenvalue weighted by atomic mass is 16.4. The van der Waals surface area contributed by atoms with E-state index >= 15 is 0 Å². The molecule has 3 nitrogen and oxygen atoms in total. The lowest BCUT2D eigenvalue weighted by atomic mass is 10.00. The van der Waals surface area contributed by atoms with Crippen molar-refractivity contribution in [3.05, 3.63) is 35.4 Å². The zero-order valence-corrected chi connectivity index (χ0v) is 12.4. The molecule has 2 rings (SSSR count). The monoisotopic (exact) mass is 275 g/mol. The first-order valence-corrected chi connectivity index (χ1v) is 7.65. The Bertz CT molecular complexity index is 437. The summed E-state index contributed by atoms with van der Waals surface area (Å²) in [6, 6.07) is 8.53. The third-order valence-electron chi connectivity index (χ3n) is 4.25. The number of carboxylic acid groups (broad SMARTS) is 1. The highest BCUT2D eigenvalue weighted by Gasteiger charge is 2.24. The zero-order valence-electron chi connectivity index (χ0n) is 12.4. The lowest BCUT2D eigenvalue weighted by molar-refractivity contribution is -0.138. The molecule has 2 unspecified atom stereocenters. The summed E-state index contributed by atoms with van der Waals surface area (Å²) in [6.07, 6.45) is 5.27. The second-order valence-electron chi connectivity index (χ2n) is 5.97.